The molecule has 0 bridgehead atoms. The first-order valence-corrected chi connectivity index (χ1v) is 7.62. The molecule has 21 heavy (non-hydrogen) atoms. The molecule has 2 aromatic heterocycles. The highest BCUT2D eigenvalue weighted by molar-refractivity contribution is 7.90. The highest BCUT2D eigenvalue weighted by Crippen LogP contribution is 2.33. The summed E-state index contributed by atoms with van der Waals surface area (Å²) < 4.78 is 60.3. The molecule has 10 heteroatoms. The summed E-state index contributed by atoms with van der Waals surface area (Å²) in [6.45, 7) is 0. The SMILES string of the molecule is CS(=O)(=O)c1nccc(-c2ncc(C(F)(F)F)cc2Cl)n1. The molecular weight excluding hydrogens is 331 g/mol. The van der Waals surface area contributed by atoms with Crippen LogP contribution in [0, 0.1) is 0 Å². The topological polar surface area (TPSA) is 72.8 Å². The maximum Gasteiger partial charge on any atom is 0.417 e. The number of hydrogen-bond donors (Lipinski definition) is 0. The Balaban J connectivity index is 2.53. The minimum absolute atomic E-state index is 0.0177. The van der Waals surface area contributed by atoms with E-state index in [0.717, 1.165) is 12.5 Å². The zero-order chi connectivity index (χ0) is 15.8. The van der Waals surface area contributed by atoms with E-state index in [1.165, 1.54) is 6.07 Å². The first-order chi connectivity index (χ1) is 9.59. The van der Waals surface area contributed by atoms with Gasteiger partial charge in [-0.3, -0.25) is 4.98 Å². The van der Waals surface area contributed by atoms with Crippen LogP contribution < -0.4 is 0 Å². The first kappa shape index (κ1) is 15.6. The van der Waals surface area contributed by atoms with Crippen molar-refractivity contribution in [3.63, 3.8) is 0 Å². The molecule has 0 amide bonds. The van der Waals surface area contributed by atoms with Crippen molar-refractivity contribution in [1.29, 1.82) is 0 Å². The van der Waals surface area contributed by atoms with Gasteiger partial charge in [-0.1, -0.05) is 11.6 Å². The summed E-state index contributed by atoms with van der Waals surface area (Å²) >= 11 is 5.76. The van der Waals surface area contributed by atoms with Gasteiger partial charge in [-0.15, -0.1) is 0 Å². The van der Waals surface area contributed by atoms with Gasteiger partial charge in [0.05, 0.1) is 16.3 Å². The van der Waals surface area contributed by atoms with Gasteiger partial charge in [0.25, 0.3) is 0 Å². The molecule has 0 aliphatic rings. The summed E-state index contributed by atoms with van der Waals surface area (Å²) in [5.74, 6) is 0. The molecule has 0 saturated carbocycles. The Kier molecular flexibility index (Phi) is 3.89. The van der Waals surface area contributed by atoms with Crippen LogP contribution in [-0.2, 0) is 16.0 Å². The fourth-order valence-electron chi connectivity index (χ4n) is 1.43. The zero-order valence-corrected chi connectivity index (χ0v) is 12.0. The quantitative estimate of drug-likeness (QED) is 0.788. The van der Waals surface area contributed by atoms with Crippen LogP contribution in [0.1, 0.15) is 5.56 Å². The molecule has 0 N–H and O–H groups in total. The predicted molar refractivity (Wildman–Crippen MR) is 68.4 cm³/mol. The summed E-state index contributed by atoms with van der Waals surface area (Å²) in [5.41, 5.74) is -1.05. The predicted octanol–water partition coefficient (Wildman–Crippen LogP) is 2.61. The highest BCUT2D eigenvalue weighted by atomic mass is 35.5. The molecule has 0 atom stereocenters. The van der Waals surface area contributed by atoms with Crippen LogP contribution in [-0.4, -0.2) is 29.6 Å². The van der Waals surface area contributed by atoms with Gasteiger partial charge in [-0.2, -0.15) is 13.2 Å². The van der Waals surface area contributed by atoms with Crippen molar-refractivity contribution in [2.24, 2.45) is 0 Å². The normalized spacial score (nSPS) is 12.4. The third-order valence-electron chi connectivity index (χ3n) is 2.38. The molecule has 0 aliphatic carbocycles. The smallest absolute Gasteiger partial charge is 0.252 e. The molecule has 0 aliphatic heterocycles. The van der Waals surface area contributed by atoms with Crippen molar-refractivity contribution in [2.75, 3.05) is 6.26 Å². The summed E-state index contributed by atoms with van der Waals surface area (Å²) in [6.07, 6.45) is -1.90. The molecule has 0 spiro atoms. The van der Waals surface area contributed by atoms with E-state index in [0.29, 0.717) is 12.3 Å². The minimum Gasteiger partial charge on any atom is -0.252 e. The Labute approximate surface area is 122 Å². The second-order valence-corrected chi connectivity index (χ2v) is 6.37. The van der Waals surface area contributed by atoms with E-state index >= 15 is 0 Å². The average molecular weight is 338 g/mol. The molecule has 0 radical (unpaired) electrons. The van der Waals surface area contributed by atoms with E-state index in [-0.39, 0.29) is 16.4 Å². The van der Waals surface area contributed by atoms with E-state index in [4.69, 9.17) is 11.6 Å². The van der Waals surface area contributed by atoms with Crippen LogP contribution in [0.5, 0.6) is 0 Å². The Hall–Kier alpha value is -1.74. The maximum atomic E-state index is 12.5. The van der Waals surface area contributed by atoms with Gasteiger partial charge in [0.2, 0.25) is 15.0 Å². The van der Waals surface area contributed by atoms with E-state index in [9.17, 15) is 21.6 Å². The molecular formula is C11H7ClF3N3O2S. The lowest BCUT2D eigenvalue weighted by molar-refractivity contribution is -0.137. The number of sulfone groups is 1. The van der Waals surface area contributed by atoms with Gasteiger partial charge in [0.15, 0.2) is 0 Å². The standard InChI is InChI=1S/C11H7ClF3N3O2S/c1-21(19,20)10-16-3-2-8(18-10)9-7(12)4-6(5-17-9)11(13,14)15/h2-5H,1H3. The second kappa shape index (κ2) is 5.23. The number of hydrogen-bond acceptors (Lipinski definition) is 5. The number of aromatic nitrogens is 3. The van der Waals surface area contributed by atoms with Crippen molar-refractivity contribution < 1.29 is 21.6 Å². The summed E-state index contributed by atoms with van der Waals surface area (Å²) in [5, 5.41) is -0.749. The number of halogens is 4. The first-order valence-electron chi connectivity index (χ1n) is 5.35. The largest absolute Gasteiger partial charge is 0.417 e. The van der Waals surface area contributed by atoms with Crippen LogP contribution in [0.3, 0.4) is 0 Å². The van der Waals surface area contributed by atoms with Gasteiger partial charge in [-0.05, 0) is 12.1 Å². The van der Waals surface area contributed by atoms with Gasteiger partial charge < -0.3 is 0 Å². The third kappa shape index (κ3) is 3.48. The van der Waals surface area contributed by atoms with Gasteiger partial charge in [-0.25, -0.2) is 18.4 Å². The Morgan fingerprint density at radius 1 is 1.24 bits per heavy atom. The summed E-state index contributed by atoms with van der Waals surface area (Å²) in [7, 11) is -3.65. The summed E-state index contributed by atoms with van der Waals surface area (Å²) in [4.78, 5) is 10.9. The van der Waals surface area contributed by atoms with Crippen LogP contribution in [0.25, 0.3) is 11.4 Å². The highest BCUT2D eigenvalue weighted by Gasteiger charge is 2.31. The van der Waals surface area contributed by atoms with E-state index in [1.807, 2.05) is 0 Å². The molecule has 0 saturated heterocycles. The molecule has 2 rings (SSSR count). The molecule has 0 unspecified atom stereocenters. The van der Waals surface area contributed by atoms with Crippen molar-refractivity contribution in [2.45, 2.75) is 11.3 Å². The lowest BCUT2D eigenvalue weighted by atomic mass is 10.2. The van der Waals surface area contributed by atoms with E-state index < -0.39 is 26.7 Å². The monoisotopic (exact) mass is 337 g/mol. The van der Waals surface area contributed by atoms with Crippen LogP contribution >= 0.6 is 11.6 Å². The van der Waals surface area contributed by atoms with Gasteiger partial charge in [0, 0.05) is 18.6 Å². The maximum absolute atomic E-state index is 12.5. The van der Waals surface area contributed by atoms with Crippen LogP contribution in [0.15, 0.2) is 29.7 Å². The molecule has 5 nitrogen and oxygen atoms in total. The molecule has 2 aromatic rings. The fraction of sp³-hybridized carbons (Fsp3) is 0.182. The average Bonchev–Trinajstić information content (AvgIpc) is 2.36. The molecule has 0 fully saturated rings. The van der Waals surface area contributed by atoms with E-state index in [1.54, 1.807) is 0 Å². The number of rotatable bonds is 2. The molecule has 112 valence electrons. The zero-order valence-electron chi connectivity index (χ0n) is 10.4. The number of pyridine rings is 1. The lowest BCUT2D eigenvalue weighted by Crippen LogP contribution is -2.07. The molecule has 2 heterocycles. The minimum atomic E-state index is -4.57. The Morgan fingerprint density at radius 2 is 1.90 bits per heavy atom. The van der Waals surface area contributed by atoms with Gasteiger partial charge >= 0.3 is 6.18 Å². The van der Waals surface area contributed by atoms with Crippen LogP contribution in [0.2, 0.25) is 5.02 Å². The van der Waals surface area contributed by atoms with Crippen molar-refractivity contribution in [3.8, 4) is 11.4 Å². The van der Waals surface area contributed by atoms with Crippen molar-refractivity contribution in [1.82, 2.24) is 15.0 Å². The third-order valence-corrected chi connectivity index (χ3v) is 3.52. The number of alkyl halides is 3. The van der Waals surface area contributed by atoms with Gasteiger partial charge in [0.1, 0.15) is 5.69 Å². The summed E-state index contributed by atoms with van der Waals surface area (Å²) in [6, 6.07) is 2.00. The lowest BCUT2D eigenvalue weighted by Gasteiger charge is -2.09. The Bertz CT molecular complexity index is 794. The van der Waals surface area contributed by atoms with Crippen molar-refractivity contribution >= 4 is 21.4 Å². The second-order valence-electron chi connectivity index (χ2n) is 4.05. The van der Waals surface area contributed by atoms with Crippen LogP contribution in [0.4, 0.5) is 13.2 Å². The van der Waals surface area contributed by atoms with Crippen molar-refractivity contribution in [3.05, 3.63) is 35.1 Å². The van der Waals surface area contributed by atoms with E-state index in [2.05, 4.69) is 15.0 Å². The fourth-order valence-corrected chi connectivity index (χ4v) is 2.21. The Morgan fingerprint density at radius 3 is 2.43 bits per heavy atom. The number of nitrogens with zero attached hydrogens (tertiary/aromatic N) is 3. The molecule has 0 aromatic carbocycles.